The second-order valence-corrected chi connectivity index (χ2v) is 6.30. The lowest BCUT2D eigenvalue weighted by Gasteiger charge is -2.22. The summed E-state index contributed by atoms with van der Waals surface area (Å²) in [6.07, 6.45) is 1.65. The smallest absolute Gasteiger partial charge is 0.188 e. The highest BCUT2D eigenvalue weighted by atomic mass is 16.7. The summed E-state index contributed by atoms with van der Waals surface area (Å²) in [5.74, 6) is 2.26. The molecule has 0 saturated heterocycles. The molecule has 0 fully saturated rings. The number of fused-ring (bicyclic) bond motifs is 1. The minimum Gasteiger partial charge on any atom is -0.496 e. The van der Waals surface area contributed by atoms with Crippen LogP contribution in [0.5, 0.6) is 23.0 Å². The number of aliphatic hydroxyl groups excluding tert-OH is 1. The fourth-order valence-corrected chi connectivity index (χ4v) is 2.95. The normalized spacial score (nSPS) is 11.8. The van der Waals surface area contributed by atoms with Crippen molar-refractivity contribution in [1.29, 1.82) is 0 Å². The van der Waals surface area contributed by atoms with Crippen LogP contribution in [0.4, 0.5) is 0 Å². The topological polar surface area (TPSA) is 66.4 Å². The van der Waals surface area contributed by atoms with Crippen molar-refractivity contribution < 1.29 is 28.8 Å². The minimum atomic E-state index is -0.777. The molecular weight excluding hydrogens is 348 g/mol. The fourth-order valence-electron chi connectivity index (χ4n) is 2.95. The molecule has 1 atom stereocenters. The summed E-state index contributed by atoms with van der Waals surface area (Å²) in [5.41, 5.74) is 1.72. The zero-order chi connectivity index (χ0) is 20.0. The number of aliphatic hydroxyl groups is 1. The second-order valence-electron chi connectivity index (χ2n) is 6.30. The van der Waals surface area contributed by atoms with Crippen molar-refractivity contribution >= 4 is 10.8 Å². The third-order valence-corrected chi connectivity index (χ3v) is 4.24. The van der Waals surface area contributed by atoms with Gasteiger partial charge in [0.2, 0.25) is 0 Å². The van der Waals surface area contributed by atoms with Gasteiger partial charge in [-0.1, -0.05) is 11.6 Å². The highest BCUT2D eigenvalue weighted by molar-refractivity contribution is 6.03. The van der Waals surface area contributed by atoms with E-state index in [4.69, 9.17) is 23.7 Å². The number of allylic oxidation sites excluding steroid dienone is 1. The molecule has 6 nitrogen and oxygen atoms in total. The summed E-state index contributed by atoms with van der Waals surface area (Å²) in [5, 5.41) is 12.2. The fraction of sp³-hybridized carbons (Fsp3) is 0.429. The standard InChI is InChI=1S/C21H28O6/c1-13(2)7-8-15(22)14-11-18(26-6)19-16(24-4)9-10-17(25-5)20(19)21(14)27-12-23-3/h7,9-11,15,22H,8,12H2,1-6H3. The Morgan fingerprint density at radius 1 is 0.963 bits per heavy atom. The lowest BCUT2D eigenvalue weighted by atomic mass is 9.97. The molecule has 6 heteroatoms. The highest BCUT2D eigenvalue weighted by Crippen LogP contribution is 2.48. The van der Waals surface area contributed by atoms with Crippen molar-refractivity contribution in [1.82, 2.24) is 0 Å². The Morgan fingerprint density at radius 2 is 1.56 bits per heavy atom. The van der Waals surface area contributed by atoms with E-state index >= 15 is 0 Å². The molecule has 0 heterocycles. The van der Waals surface area contributed by atoms with Crippen LogP contribution in [-0.4, -0.2) is 40.3 Å². The third-order valence-electron chi connectivity index (χ3n) is 4.24. The molecule has 0 aliphatic carbocycles. The van der Waals surface area contributed by atoms with Gasteiger partial charge in [-0.25, -0.2) is 0 Å². The van der Waals surface area contributed by atoms with Gasteiger partial charge in [0.1, 0.15) is 23.0 Å². The lowest BCUT2D eigenvalue weighted by Crippen LogP contribution is -2.07. The van der Waals surface area contributed by atoms with Gasteiger partial charge in [0.15, 0.2) is 6.79 Å². The van der Waals surface area contributed by atoms with Crippen molar-refractivity contribution in [2.75, 3.05) is 35.2 Å². The third kappa shape index (κ3) is 4.46. The van der Waals surface area contributed by atoms with E-state index in [-0.39, 0.29) is 6.79 Å². The van der Waals surface area contributed by atoms with Gasteiger partial charge < -0.3 is 28.8 Å². The molecule has 148 valence electrons. The quantitative estimate of drug-likeness (QED) is 0.522. The van der Waals surface area contributed by atoms with Crippen LogP contribution in [-0.2, 0) is 4.74 Å². The Morgan fingerprint density at radius 3 is 2.07 bits per heavy atom. The zero-order valence-corrected chi connectivity index (χ0v) is 16.8. The van der Waals surface area contributed by atoms with Crippen LogP contribution in [0.3, 0.4) is 0 Å². The Labute approximate surface area is 160 Å². The first-order valence-electron chi connectivity index (χ1n) is 8.67. The van der Waals surface area contributed by atoms with Crippen molar-refractivity contribution in [2.24, 2.45) is 0 Å². The van der Waals surface area contributed by atoms with Crippen LogP contribution in [0.15, 0.2) is 29.8 Å². The first-order chi connectivity index (χ1) is 13.0. The molecule has 2 aromatic carbocycles. The minimum absolute atomic E-state index is 0.0319. The Kier molecular flexibility index (Phi) is 7.33. The van der Waals surface area contributed by atoms with Crippen LogP contribution in [0.2, 0.25) is 0 Å². The van der Waals surface area contributed by atoms with Gasteiger partial charge in [-0.15, -0.1) is 0 Å². The van der Waals surface area contributed by atoms with E-state index in [1.165, 1.54) is 0 Å². The molecule has 0 radical (unpaired) electrons. The molecule has 0 amide bonds. The second kappa shape index (κ2) is 9.48. The van der Waals surface area contributed by atoms with Gasteiger partial charge in [-0.05, 0) is 38.5 Å². The molecule has 1 N–H and O–H groups in total. The molecule has 0 aromatic heterocycles. The first-order valence-corrected chi connectivity index (χ1v) is 8.67. The van der Waals surface area contributed by atoms with E-state index in [1.54, 1.807) is 40.6 Å². The molecule has 2 rings (SSSR count). The highest BCUT2D eigenvalue weighted by Gasteiger charge is 2.24. The largest absolute Gasteiger partial charge is 0.496 e. The Bertz CT molecular complexity index is 808. The average Bonchev–Trinajstić information content (AvgIpc) is 2.68. The molecule has 0 aliphatic heterocycles. The van der Waals surface area contributed by atoms with Crippen molar-refractivity contribution in [3.8, 4) is 23.0 Å². The average molecular weight is 376 g/mol. The maximum atomic E-state index is 10.8. The van der Waals surface area contributed by atoms with Gasteiger partial charge in [-0.3, -0.25) is 0 Å². The van der Waals surface area contributed by atoms with E-state index in [0.717, 1.165) is 5.57 Å². The predicted molar refractivity (Wildman–Crippen MR) is 105 cm³/mol. The SMILES string of the molecule is COCOc1c(C(O)CC=C(C)C)cc(OC)c2c(OC)ccc(OC)c12. The van der Waals surface area contributed by atoms with Gasteiger partial charge in [0.25, 0.3) is 0 Å². The molecular formula is C21H28O6. The van der Waals surface area contributed by atoms with Crippen LogP contribution in [0, 0.1) is 0 Å². The lowest BCUT2D eigenvalue weighted by molar-refractivity contribution is 0.0491. The van der Waals surface area contributed by atoms with Crippen LogP contribution >= 0.6 is 0 Å². The predicted octanol–water partition coefficient (Wildman–Crippen LogP) is 4.24. The van der Waals surface area contributed by atoms with Crippen LogP contribution in [0.1, 0.15) is 31.9 Å². The van der Waals surface area contributed by atoms with Crippen LogP contribution in [0.25, 0.3) is 10.8 Å². The van der Waals surface area contributed by atoms with Gasteiger partial charge in [0.05, 0.1) is 38.2 Å². The summed E-state index contributed by atoms with van der Waals surface area (Å²) in [6.45, 7) is 4.01. The zero-order valence-electron chi connectivity index (χ0n) is 16.8. The summed E-state index contributed by atoms with van der Waals surface area (Å²) in [7, 11) is 6.30. The van der Waals surface area contributed by atoms with Gasteiger partial charge >= 0.3 is 0 Å². The maximum absolute atomic E-state index is 10.8. The first kappa shape index (κ1) is 20.9. The molecule has 0 spiro atoms. The van der Waals surface area contributed by atoms with Gasteiger partial charge in [0, 0.05) is 12.7 Å². The Balaban J connectivity index is 2.83. The van der Waals surface area contributed by atoms with Crippen LogP contribution < -0.4 is 18.9 Å². The summed E-state index contributed by atoms with van der Waals surface area (Å²) < 4.78 is 27.6. The Hall–Kier alpha value is -2.44. The number of hydrogen-bond acceptors (Lipinski definition) is 6. The van der Waals surface area contributed by atoms with E-state index < -0.39 is 6.10 Å². The van der Waals surface area contributed by atoms with E-state index in [0.29, 0.717) is 45.8 Å². The number of methoxy groups -OCH3 is 4. The molecule has 27 heavy (non-hydrogen) atoms. The van der Waals surface area contributed by atoms with E-state index in [9.17, 15) is 5.11 Å². The van der Waals surface area contributed by atoms with Crippen molar-refractivity contribution in [3.63, 3.8) is 0 Å². The molecule has 1 unspecified atom stereocenters. The van der Waals surface area contributed by atoms with Crippen molar-refractivity contribution in [2.45, 2.75) is 26.4 Å². The molecule has 0 aliphatic rings. The number of rotatable bonds is 9. The summed E-state index contributed by atoms with van der Waals surface area (Å²) in [4.78, 5) is 0. The molecule has 2 aromatic rings. The summed E-state index contributed by atoms with van der Waals surface area (Å²) >= 11 is 0. The van der Waals surface area contributed by atoms with E-state index in [1.807, 2.05) is 26.0 Å². The van der Waals surface area contributed by atoms with E-state index in [2.05, 4.69) is 0 Å². The number of benzene rings is 2. The molecule has 0 bridgehead atoms. The monoisotopic (exact) mass is 376 g/mol. The summed E-state index contributed by atoms with van der Waals surface area (Å²) in [6, 6.07) is 5.38. The number of ether oxygens (including phenoxy) is 5. The number of hydrogen-bond donors (Lipinski definition) is 1. The van der Waals surface area contributed by atoms with Gasteiger partial charge in [-0.2, -0.15) is 0 Å². The maximum Gasteiger partial charge on any atom is 0.188 e. The molecule has 0 saturated carbocycles. The van der Waals surface area contributed by atoms with Crippen molar-refractivity contribution in [3.05, 3.63) is 35.4 Å².